The number of carbonyl (C=O) groups is 4. The fraction of sp³-hybridized carbons (Fsp3) is 0.778. The number of carboxylic acids is 1. The maximum Gasteiger partial charge on any atom is 0.328 e. The molecule has 1 aliphatic rings. The van der Waals surface area contributed by atoms with Gasteiger partial charge in [0, 0.05) is 0 Å². The molecule has 1 aliphatic heterocycles. The van der Waals surface area contributed by atoms with Gasteiger partial charge in [-0.25, -0.2) is 4.79 Å². The quantitative estimate of drug-likeness (QED) is 0.196. The van der Waals surface area contributed by atoms with Gasteiger partial charge in [-0.05, 0) is 38.6 Å². The van der Waals surface area contributed by atoms with Gasteiger partial charge in [0.2, 0.25) is 17.7 Å². The monoisotopic (exact) mass is 416 g/mol. The number of amides is 3. The average Bonchev–Trinajstić information content (AvgIpc) is 3.16. The molecule has 0 aromatic rings. The molecule has 1 heterocycles. The summed E-state index contributed by atoms with van der Waals surface area (Å²) in [4.78, 5) is 48.4. The van der Waals surface area contributed by atoms with Crippen LogP contribution in [-0.2, 0) is 19.2 Å². The van der Waals surface area contributed by atoms with Crippen LogP contribution in [-0.4, -0.2) is 82.4 Å². The second kappa shape index (κ2) is 11.7. The van der Waals surface area contributed by atoms with E-state index in [2.05, 4.69) is 21.3 Å². The fourth-order valence-corrected chi connectivity index (χ4v) is 2.99. The van der Waals surface area contributed by atoms with E-state index in [1.165, 1.54) is 6.92 Å². The minimum atomic E-state index is -1.53. The number of carbonyl (C=O) groups excluding carboxylic acids is 3. The highest BCUT2D eigenvalue weighted by molar-refractivity contribution is 5.94. The van der Waals surface area contributed by atoms with E-state index in [4.69, 9.17) is 5.11 Å². The standard InChI is InChI=1S/C18H32N4O7/c1-9(2)7-12(16(26)22-14(10(3)24)18(28)29)20-17(27)13(8-23)21-15(25)11-5-4-6-19-11/h9-14,19,23-24H,4-8H2,1-3H3,(H,20,27)(H,21,25)(H,22,26)(H,28,29). The van der Waals surface area contributed by atoms with Crippen LogP contribution in [0.4, 0.5) is 0 Å². The van der Waals surface area contributed by atoms with Gasteiger partial charge in [-0.2, -0.15) is 0 Å². The number of hydrogen-bond donors (Lipinski definition) is 7. The van der Waals surface area contributed by atoms with Gasteiger partial charge in [0.25, 0.3) is 0 Å². The van der Waals surface area contributed by atoms with Crippen molar-refractivity contribution in [2.24, 2.45) is 5.92 Å². The van der Waals surface area contributed by atoms with E-state index in [0.29, 0.717) is 13.0 Å². The summed E-state index contributed by atoms with van der Waals surface area (Å²) in [7, 11) is 0. The zero-order chi connectivity index (χ0) is 22.1. The summed E-state index contributed by atoms with van der Waals surface area (Å²) in [6.07, 6.45) is 0.314. The molecule has 0 radical (unpaired) electrons. The molecule has 1 rings (SSSR count). The molecule has 0 saturated carbocycles. The first-order valence-corrected chi connectivity index (χ1v) is 9.73. The summed E-state index contributed by atoms with van der Waals surface area (Å²) in [6.45, 7) is 4.88. The molecule has 7 N–H and O–H groups in total. The Morgan fingerprint density at radius 1 is 1.03 bits per heavy atom. The predicted molar refractivity (Wildman–Crippen MR) is 103 cm³/mol. The molecule has 0 aromatic heterocycles. The second-order valence-electron chi connectivity index (χ2n) is 7.65. The van der Waals surface area contributed by atoms with Crippen molar-refractivity contribution in [3.63, 3.8) is 0 Å². The van der Waals surface area contributed by atoms with Crippen LogP contribution in [0.25, 0.3) is 0 Å². The molecular weight excluding hydrogens is 384 g/mol. The topological polar surface area (TPSA) is 177 Å². The molecule has 3 amide bonds. The Labute approximate surface area is 169 Å². The highest BCUT2D eigenvalue weighted by Gasteiger charge is 2.32. The molecule has 29 heavy (non-hydrogen) atoms. The highest BCUT2D eigenvalue weighted by atomic mass is 16.4. The Kier molecular flexibility index (Phi) is 9.99. The van der Waals surface area contributed by atoms with Crippen molar-refractivity contribution in [2.75, 3.05) is 13.2 Å². The van der Waals surface area contributed by atoms with E-state index in [1.54, 1.807) is 0 Å². The molecule has 166 valence electrons. The van der Waals surface area contributed by atoms with Gasteiger partial charge in [-0.15, -0.1) is 0 Å². The molecule has 0 aliphatic carbocycles. The molecule has 0 aromatic carbocycles. The van der Waals surface area contributed by atoms with E-state index in [-0.39, 0.29) is 12.3 Å². The Hall–Kier alpha value is -2.24. The zero-order valence-electron chi connectivity index (χ0n) is 17.0. The van der Waals surface area contributed by atoms with Gasteiger partial charge in [-0.3, -0.25) is 14.4 Å². The number of nitrogens with one attached hydrogen (secondary N) is 4. The number of aliphatic hydroxyl groups excluding tert-OH is 2. The van der Waals surface area contributed by atoms with Crippen molar-refractivity contribution >= 4 is 23.7 Å². The molecule has 5 atom stereocenters. The summed E-state index contributed by atoms with van der Waals surface area (Å²) in [5.41, 5.74) is 0. The van der Waals surface area contributed by atoms with Crippen molar-refractivity contribution < 1.29 is 34.5 Å². The molecule has 11 heteroatoms. The van der Waals surface area contributed by atoms with Crippen LogP contribution in [0.1, 0.15) is 40.0 Å². The lowest BCUT2D eigenvalue weighted by molar-refractivity contribution is -0.145. The largest absolute Gasteiger partial charge is 0.480 e. The summed E-state index contributed by atoms with van der Waals surface area (Å²) in [6, 6.07) is -4.32. The number of rotatable bonds is 11. The van der Waals surface area contributed by atoms with E-state index in [0.717, 1.165) is 6.42 Å². The average molecular weight is 416 g/mol. The smallest absolute Gasteiger partial charge is 0.328 e. The fourth-order valence-electron chi connectivity index (χ4n) is 2.99. The molecule has 0 bridgehead atoms. The van der Waals surface area contributed by atoms with Crippen LogP contribution in [0.3, 0.4) is 0 Å². The Morgan fingerprint density at radius 3 is 2.10 bits per heavy atom. The first kappa shape index (κ1) is 24.8. The summed E-state index contributed by atoms with van der Waals surface area (Å²) in [5, 5.41) is 38.3. The van der Waals surface area contributed by atoms with Crippen LogP contribution < -0.4 is 21.3 Å². The predicted octanol–water partition coefficient (Wildman–Crippen LogP) is -2.30. The van der Waals surface area contributed by atoms with Crippen LogP contribution >= 0.6 is 0 Å². The molecule has 5 unspecified atom stereocenters. The van der Waals surface area contributed by atoms with Gasteiger partial charge in [0.1, 0.15) is 12.1 Å². The molecule has 1 fully saturated rings. The lowest BCUT2D eigenvalue weighted by Crippen LogP contribution is -2.59. The van der Waals surface area contributed by atoms with Crippen LogP contribution in [0.2, 0.25) is 0 Å². The number of hydrogen-bond acceptors (Lipinski definition) is 7. The van der Waals surface area contributed by atoms with Gasteiger partial charge in [-0.1, -0.05) is 13.8 Å². The number of aliphatic carboxylic acids is 1. The third-order valence-electron chi connectivity index (χ3n) is 4.58. The van der Waals surface area contributed by atoms with Crippen molar-refractivity contribution in [1.29, 1.82) is 0 Å². The summed E-state index contributed by atoms with van der Waals surface area (Å²) in [5.74, 6) is -3.38. The Morgan fingerprint density at radius 2 is 1.66 bits per heavy atom. The van der Waals surface area contributed by atoms with Crippen LogP contribution in [0.5, 0.6) is 0 Å². The van der Waals surface area contributed by atoms with Crippen molar-refractivity contribution in [3.05, 3.63) is 0 Å². The van der Waals surface area contributed by atoms with Gasteiger partial charge in [0.05, 0.1) is 18.8 Å². The van der Waals surface area contributed by atoms with Crippen molar-refractivity contribution in [1.82, 2.24) is 21.3 Å². The normalized spacial score (nSPS) is 20.4. The number of carboxylic acid groups (broad SMARTS) is 1. The van der Waals surface area contributed by atoms with Crippen LogP contribution in [0, 0.1) is 5.92 Å². The minimum absolute atomic E-state index is 0.0225. The maximum absolute atomic E-state index is 12.5. The number of aliphatic hydroxyl groups is 2. The summed E-state index contributed by atoms with van der Waals surface area (Å²) >= 11 is 0. The summed E-state index contributed by atoms with van der Waals surface area (Å²) < 4.78 is 0. The molecule has 11 nitrogen and oxygen atoms in total. The second-order valence-corrected chi connectivity index (χ2v) is 7.65. The van der Waals surface area contributed by atoms with E-state index in [1.807, 2.05) is 13.8 Å². The van der Waals surface area contributed by atoms with E-state index < -0.39 is 60.6 Å². The van der Waals surface area contributed by atoms with Crippen LogP contribution in [0.15, 0.2) is 0 Å². The van der Waals surface area contributed by atoms with Gasteiger partial charge >= 0.3 is 5.97 Å². The van der Waals surface area contributed by atoms with Gasteiger partial charge in [0.15, 0.2) is 6.04 Å². The molecular formula is C18H32N4O7. The minimum Gasteiger partial charge on any atom is -0.480 e. The maximum atomic E-state index is 12.5. The highest BCUT2D eigenvalue weighted by Crippen LogP contribution is 2.08. The first-order valence-electron chi connectivity index (χ1n) is 9.73. The van der Waals surface area contributed by atoms with Crippen molar-refractivity contribution in [3.8, 4) is 0 Å². The van der Waals surface area contributed by atoms with E-state index in [9.17, 15) is 29.4 Å². The molecule has 1 saturated heterocycles. The lowest BCUT2D eigenvalue weighted by atomic mass is 10.0. The third-order valence-corrected chi connectivity index (χ3v) is 4.58. The lowest BCUT2D eigenvalue weighted by Gasteiger charge is -2.26. The third kappa shape index (κ3) is 7.95. The van der Waals surface area contributed by atoms with E-state index >= 15 is 0 Å². The first-order chi connectivity index (χ1) is 13.6. The zero-order valence-corrected chi connectivity index (χ0v) is 17.0. The van der Waals surface area contributed by atoms with Crippen molar-refractivity contribution in [2.45, 2.75) is 70.3 Å². The van der Waals surface area contributed by atoms with Gasteiger partial charge < -0.3 is 36.6 Å². The Balaban J connectivity index is 2.80. The SMILES string of the molecule is CC(C)CC(NC(=O)C(CO)NC(=O)C1CCCN1)C(=O)NC(C(=O)O)C(C)O. The Bertz CT molecular complexity index is 591. The molecule has 0 spiro atoms.